The van der Waals surface area contributed by atoms with Crippen LogP contribution in [0.25, 0.3) is 0 Å². The van der Waals surface area contributed by atoms with E-state index in [2.05, 4.69) is 58.2 Å². The van der Waals surface area contributed by atoms with Crippen LogP contribution in [0.15, 0.2) is 76.3 Å². The lowest BCUT2D eigenvalue weighted by atomic mass is 9.96. The zero-order valence-corrected chi connectivity index (χ0v) is 17.6. The van der Waals surface area contributed by atoms with Crippen molar-refractivity contribution in [2.24, 2.45) is 5.10 Å². The van der Waals surface area contributed by atoms with Crippen LogP contribution in [0.1, 0.15) is 40.9 Å². The Balaban J connectivity index is 1.59. The number of ether oxygens (including phenoxy) is 1. The highest BCUT2D eigenvalue weighted by atomic mass is 79.9. The van der Waals surface area contributed by atoms with Crippen LogP contribution in [-0.4, -0.2) is 10.7 Å². The molecule has 0 aromatic heterocycles. The summed E-state index contributed by atoms with van der Waals surface area (Å²) >= 11 is 9.66. The van der Waals surface area contributed by atoms with E-state index >= 15 is 0 Å². The number of aryl methyl sites for hydroxylation is 1. The largest absolute Gasteiger partial charge is 0.464 e. The van der Waals surface area contributed by atoms with Gasteiger partial charge >= 0.3 is 0 Å². The summed E-state index contributed by atoms with van der Waals surface area (Å²) in [4.78, 5) is 0. The maximum Gasteiger partial charge on any atom is 0.213 e. The molecule has 0 fully saturated rings. The number of fused-ring (bicyclic) bond motifs is 3. The summed E-state index contributed by atoms with van der Waals surface area (Å²) < 4.78 is 7.45. The molecule has 0 saturated heterocycles. The standard InChI is InChI=1S/C23H18BrClN2O/c1-14-2-4-16(5-3-14)23-27-21(19-12-17(24)8-11-22(19)28-23)13-20(26-27)15-6-9-18(25)10-7-15/h2-12,21,23H,13H2,1H3/t21-,23+/m1/s1. The van der Waals surface area contributed by atoms with Gasteiger partial charge in [-0.3, -0.25) is 0 Å². The predicted octanol–water partition coefficient (Wildman–Crippen LogP) is 6.65. The van der Waals surface area contributed by atoms with Crippen molar-refractivity contribution in [1.29, 1.82) is 0 Å². The van der Waals surface area contributed by atoms with Crippen molar-refractivity contribution in [3.63, 3.8) is 0 Å². The van der Waals surface area contributed by atoms with Crippen LogP contribution in [0.4, 0.5) is 0 Å². The molecule has 3 aromatic carbocycles. The van der Waals surface area contributed by atoms with Gasteiger partial charge in [0.2, 0.25) is 6.23 Å². The van der Waals surface area contributed by atoms with E-state index in [-0.39, 0.29) is 12.3 Å². The van der Waals surface area contributed by atoms with Crippen molar-refractivity contribution < 1.29 is 4.74 Å². The molecule has 28 heavy (non-hydrogen) atoms. The zero-order chi connectivity index (χ0) is 19.3. The fourth-order valence-electron chi connectivity index (χ4n) is 3.83. The molecule has 140 valence electrons. The third-order valence-electron chi connectivity index (χ3n) is 5.29. The van der Waals surface area contributed by atoms with Gasteiger partial charge in [-0.15, -0.1) is 0 Å². The fraction of sp³-hybridized carbons (Fsp3) is 0.174. The molecule has 0 radical (unpaired) electrons. The van der Waals surface area contributed by atoms with Crippen molar-refractivity contribution in [1.82, 2.24) is 5.01 Å². The quantitative estimate of drug-likeness (QED) is 0.434. The Morgan fingerprint density at radius 3 is 2.54 bits per heavy atom. The molecule has 2 aliphatic heterocycles. The Bertz CT molecular complexity index is 1060. The summed E-state index contributed by atoms with van der Waals surface area (Å²) in [6, 6.07) is 22.7. The van der Waals surface area contributed by atoms with E-state index in [1.165, 1.54) is 5.56 Å². The monoisotopic (exact) mass is 452 g/mol. The first-order valence-corrected chi connectivity index (χ1v) is 10.4. The maximum absolute atomic E-state index is 6.41. The second-order valence-electron chi connectivity index (χ2n) is 7.22. The number of rotatable bonds is 2. The van der Waals surface area contributed by atoms with Crippen molar-refractivity contribution in [2.45, 2.75) is 25.6 Å². The van der Waals surface area contributed by atoms with Crippen LogP contribution < -0.4 is 4.74 Å². The highest BCUT2D eigenvalue weighted by Gasteiger charge is 2.41. The molecule has 0 aliphatic carbocycles. The van der Waals surface area contributed by atoms with Crippen LogP contribution in [0.2, 0.25) is 5.02 Å². The Labute approximate surface area is 177 Å². The number of hydrogen-bond acceptors (Lipinski definition) is 3. The fourth-order valence-corrected chi connectivity index (χ4v) is 4.33. The van der Waals surface area contributed by atoms with Crippen molar-refractivity contribution >= 4 is 33.2 Å². The summed E-state index contributed by atoms with van der Waals surface area (Å²) in [7, 11) is 0. The van der Waals surface area contributed by atoms with Gasteiger partial charge in [0.15, 0.2) is 0 Å². The maximum atomic E-state index is 6.41. The van der Waals surface area contributed by atoms with Crippen LogP contribution in [0.3, 0.4) is 0 Å². The minimum absolute atomic E-state index is 0.137. The first-order valence-electron chi connectivity index (χ1n) is 9.23. The average molecular weight is 454 g/mol. The first-order chi connectivity index (χ1) is 13.6. The minimum Gasteiger partial charge on any atom is -0.464 e. The van der Waals surface area contributed by atoms with Gasteiger partial charge in [0, 0.05) is 27.0 Å². The predicted molar refractivity (Wildman–Crippen MR) is 116 cm³/mol. The molecular weight excluding hydrogens is 436 g/mol. The van der Waals surface area contributed by atoms with Crippen molar-refractivity contribution in [3.8, 4) is 5.75 Å². The lowest BCUT2D eigenvalue weighted by Crippen LogP contribution is -2.33. The Morgan fingerprint density at radius 2 is 1.79 bits per heavy atom. The molecule has 0 saturated carbocycles. The summed E-state index contributed by atoms with van der Waals surface area (Å²) in [5.41, 5.74) is 5.64. The molecule has 5 rings (SSSR count). The molecule has 2 heterocycles. The number of hydrazone groups is 1. The number of hydrogen-bond donors (Lipinski definition) is 0. The van der Waals surface area contributed by atoms with E-state index in [1.807, 2.05) is 36.4 Å². The van der Waals surface area contributed by atoms with Gasteiger partial charge in [-0.25, -0.2) is 5.01 Å². The molecule has 2 aliphatic rings. The highest BCUT2D eigenvalue weighted by molar-refractivity contribution is 9.10. The second kappa shape index (κ2) is 6.94. The van der Waals surface area contributed by atoms with Gasteiger partial charge in [0.25, 0.3) is 0 Å². The van der Waals surface area contributed by atoms with Gasteiger partial charge in [-0.05, 0) is 42.8 Å². The zero-order valence-electron chi connectivity index (χ0n) is 15.3. The summed E-state index contributed by atoms with van der Waals surface area (Å²) in [6.07, 6.45) is 0.584. The van der Waals surface area contributed by atoms with E-state index < -0.39 is 0 Å². The van der Waals surface area contributed by atoms with Crippen LogP contribution in [0.5, 0.6) is 5.75 Å². The lowest BCUT2D eigenvalue weighted by molar-refractivity contribution is -0.0190. The minimum atomic E-state index is -0.246. The second-order valence-corrected chi connectivity index (χ2v) is 8.57. The Kier molecular flexibility index (Phi) is 4.41. The third-order valence-corrected chi connectivity index (χ3v) is 6.04. The number of halogens is 2. The molecule has 2 atom stereocenters. The third kappa shape index (κ3) is 3.11. The number of nitrogens with zero attached hydrogens (tertiary/aromatic N) is 2. The molecule has 0 bridgehead atoms. The van der Waals surface area contributed by atoms with Gasteiger partial charge in [-0.2, -0.15) is 5.10 Å². The number of benzene rings is 3. The Morgan fingerprint density at radius 1 is 1.04 bits per heavy atom. The highest BCUT2D eigenvalue weighted by Crippen LogP contribution is 2.48. The van der Waals surface area contributed by atoms with Gasteiger partial charge < -0.3 is 4.74 Å². The summed E-state index contributed by atoms with van der Waals surface area (Å²) in [5.74, 6) is 0.919. The van der Waals surface area contributed by atoms with E-state index in [0.717, 1.165) is 44.1 Å². The van der Waals surface area contributed by atoms with E-state index in [9.17, 15) is 0 Å². The SMILES string of the molecule is Cc1ccc([C@@H]2Oc3ccc(Br)cc3[C@H]3CC(c4ccc(Cl)cc4)=NN32)cc1. The molecule has 0 amide bonds. The molecule has 0 unspecified atom stereocenters. The van der Waals surface area contributed by atoms with Gasteiger partial charge in [-0.1, -0.05) is 69.5 Å². The van der Waals surface area contributed by atoms with Crippen LogP contribution in [-0.2, 0) is 0 Å². The van der Waals surface area contributed by atoms with Crippen LogP contribution >= 0.6 is 27.5 Å². The summed E-state index contributed by atoms with van der Waals surface area (Å²) in [5, 5.41) is 7.82. The van der Waals surface area contributed by atoms with E-state index in [1.54, 1.807) is 0 Å². The first kappa shape index (κ1) is 17.8. The average Bonchev–Trinajstić information content (AvgIpc) is 3.14. The topological polar surface area (TPSA) is 24.8 Å². The van der Waals surface area contributed by atoms with E-state index in [4.69, 9.17) is 21.4 Å². The molecule has 0 N–H and O–H groups in total. The molecule has 3 nitrogen and oxygen atoms in total. The molecular formula is C23H18BrClN2O. The normalized spacial score (nSPS) is 20.2. The van der Waals surface area contributed by atoms with E-state index in [0.29, 0.717) is 0 Å². The summed E-state index contributed by atoms with van der Waals surface area (Å²) in [6.45, 7) is 2.09. The molecule has 5 heteroatoms. The van der Waals surface area contributed by atoms with Gasteiger partial charge in [0.05, 0.1) is 11.8 Å². The lowest BCUT2D eigenvalue weighted by Gasteiger charge is -2.38. The van der Waals surface area contributed by atoms with Crippen molar-refractivity contribution in [3.05, 3.63) is 98.5 Å². The molecule has 0 spiro atoms. The Hall–Kier alpha value is -2.30. The van der Waals surface area contributed by atoms with Crippen molar-refractivity contribution in [2.75, 3.05) is 0 Å². The molecule has 3 aromatic rings. The smallest absolute Gasteiger partial charge is 0.213 e. The van der Waals surface area contributed by atoms with Crippen LogP contribution in [0, 0.1) is 6.92 Å². The van der Waals surface area contributed by atoms with Gasteiger partial charge in [0.1, 0.15) is 5.75 Å².